The molecule has 0 radical (unpaired) electrons. The van der Waals surface area contributed by atoms with Crippen molar-refractivity contribution in [3.8, 4) is 0 Å². The minimum Gasteiger partial charge on any atom is -0.338 e. The van der Waals surface area contributed by atoms with Crippen LogP contribution in [0.4, 0.5) is 4.79 Å². The number of hydrogen-bond donors (Lipinski definition) is 1. The molecule has 3 nitrogen and oxygen atoms in total. The van der Waals surface area contributed by atoms with Gasteiger partial charge in [0, 0.05) is 20.1 Å². The molecular formula is C10H16N2OS. The maximum Gasteiger partial charge on any atom is 0.317 e. The zero-order valence-corrected chi connectivity index (χ0v) is 9.43. The minimum absolute atomic E-state index is 0.00181. The predicted molar refractivity (Wildman–Crippen MR) is 59.5 cm³/mol. The van der Waals surface area contributed by atoms with Gasteiger partial charge in [0.25, 0.3) is 0 Å². The van der Waals surface area contributed by atoms with Crippen LogP contribution in [0.15, 0.2) is 16.8 Å². The normalized spacial score (nSPS) is 9.86. The number of hydrogen-bond acceptors (Lipinski definition) is 2. The second-order valence-corrected chi connectivity index (χ2v) is 4.00. The van der Waals surface area contributed by atoms with Crippen LogP contribution in [0.3, 0.4) is 0 Å². The lowest BCUT2D eigenvalue weighted by molar-refractivity contribution is 0.207. The number of nitrogens with zero attached hydrogens (tertiary/aromatic N) is 1. The van der Waals surface area contributed by atoms with Crippen LogP contribution in [0, 0.1) is 0 Å². The van der Waals surface area contributed by atoms with Gasteiger partial charge in [-0.15, -0.1) is 0 Å². The molecule has 0 aromatic carbocycles. The second kappa shape index (κ2) is 5.65. The molecule has 0 spiro atoms. The summed E-state index contributed by atoms with van der Waals surface area (Å²) in [6.45, 7) is 3.46. The average molecular weight is 212 g/mol. The Morgan fingerprint density at radius 2 is 2.43 bits per heavy atom. The van der Waals surface area contributed by atoms with Gasteiger partial charge in [-0.2, -0.15) is 11.3 Å². The van der Waals surface area contributed by atoms with Crippen LogP contribution in [0.5, 0.6) is 0 Å². The quantitative estimate of drug-likeness (QED) is 0.816. The third-order valence-corrected chi connectivity index (χ3v) is 2.60. The van der Waals surface area contributed by atoms with E-state index in [1.54, 1.807) is 16.2 Å². The molecule has 0 saturated heterocycles. The van der Waals surface area contributed by atoms with Crippen molar-refractivity contribution >= 4 is 17.4 Å². The lowest BCUT2D eigenvalue weighted by Crippen LogP contribution is -2.36. The molecular weight excluding hydrogens is 196 g/mol. The Morgan fingerprint density at radius 1 is 1.64 bits per heavy atom. The number of urea groups is 1. The maximum atomic E-state index is 11.4. The molecule has 1 N–H and O–H groups in total. The largest absolute Gasteiger partial charge is 0.338 e. The van der Waals surface area contributed by atoms with Gasteiger partial charge in [-0.05, 0) is 28.8 Å². The molecule has 1 aromatic rings. The molecule has 0 saturated carbocycles. The van der Waals surface area contributed by atoms with E-state index < -0.39 is 0 Å². The highest BCUT2D eigenvalue weighted by atomic mass is 32.1. The smallest absolute Gasteiger partial charge is 0.317 e. The van der Waals surface area contributed by atoms with Crippen molar-refractivity contribution in [3.63, 3.8) is 0 Å². The fourth-order valence-corrected chi connectivity index (χ4v) is 1.75. The number of nitrogens with one attached hydrogen (secondary N) is 1. The highest BCUT2D eigenvalue weighted by Gasteiger charge is 2.07. The third-order valence-electron chi connectivity index (χ3n) is 1.87. The number of rotatable bonds is 4. The molecule has 0 aliphatic carbocycles. The van der Waals surface area contributed by atoms with Crippen molar-refractivity contribution in [2.75, 3.05) is 13.6 Å². The summed E-state index contributed by atoms with van der Waals surface area (Å²) in [5.41, 5.74) is 1.18. The molecule has 1 rings (SSSR count). The molecule has 1 heterocycles. The maximum absolute atomic E-state index is 11.4. The Bertz CT molecular complexity index is 272. The van der Waals surface area contributed by atoms with Crippen LogP contribution in [0.1, 0.15) is 18.9 Å². The SMILES string of the molecule is CCCNC(=O)N(C)Cc1ccsc1. The summed E-state index contributed by atoms with van der Waals surface area (Å²) in [7, 11) is 1.81. The number of carbonyl (C=O) groups excluding carboxylic acids is 1. The fraction of sp³-hybridized carbons (Fsp3) is 0.500. The summed E-state index contributed by atoms with van der Waals surface area (Å²) in [6.07, 6.45) is 0.970. The third kappa shape index (κ3) is 3.38. The molecule has 0 bridgehead atoms. The van der Waals surface area contributed by atoms with Gasteiger partial charge >= 0.3 is 6.03 Å². The second-order valence-electron chi connectivity index (χ2n) is 3.22. The Balaban J connectivity index is 2.34. The van der Waals surface area contributed by atoms with Gasteiger partial charge in [-0.25, -0.2) is 4.79 Å². The molecule has 14 heavy (non-hydrogen) atoms. The van der Waals surface area contributed by atoms with Gasteiger partial charge in [0.05, 0.1) is 0 Å². The first-order chi connectivity index (χ1) is 6.74. The highest BCUT2D eigenvalue weighted by Crippen LogP contribution is 2.08. The Kier molecular flexibility index (Phi) is 4.46. The highest BCUT2D eigenvalue weighted by molar-refractivity contribution is 7.07. The fourth-order valence-electron chi connectivity index (χ4n) is 1.10. The minimum atomic E-state index is -0.00181. The van der Waals surface area contributed by atoms with E-state index in [1.807, 2.05) is 25.4 Å². The van der Waals surface area contributed by atoms with E-state index in [9.17, 15) is 4.79 Å². The van der Waals surface area contributed by atoms with Crippen molar-refractivity contribution in [2.24, 2.45) is 0 Å². The Hall–Kier alpha value is -1.03. The number of thiophene rings is 1. The molecule has 0 atom stereocenters. The predicted octanol–water partition coefficient (Wildman–Crippen LogP) is 2.30. The van der Waals surface area contributed by atoms with Crippen molar-refractivity contribution in [1.82, 2.24) is 10.2 Å². The first kappa shape index (κ1) is 11.0. The molecule has 0 aliphatic heterocycles. The Labute approximate surface area is 88.7 Å². The summed E-state index contributed by atoms with van der Waals surface area (Å²) in [5.74, 6) is 0. The van der Waals surface area contributed by atoms with E-state index in [0.717, 1.165) is 13.0 Å². The van der Waals surface area contributed by atoms with Crippen LogP contribution in [0.2, 0.25) is 0 Å². The first-order valence-corrected chi connectivity index (χ1v) is 5.68. The lowest BCUT2D eigenvalue weighted by atomic mass is 10.3. The van der Waals surface area contributed by atoms with Gasteiger partial charge in [-0.3, -0.25) is 0 Å². The monoisotopic (exact) mass is 212 g/mol. The summed E-state index contributed by atoms with van der Waals surface area (Å²) in [4.78, 5) is 13.1. The van der Waals surface area contributed by atoms with E-state index in [0.29, 0.717) is 6.54 Å². The molecule has 78 valence electrons. The first-order valence-electron chi connectivity index (χ1n) is 4.74. The van der Waals surface area contributed by atoms with E-state index in [-0.39, 0.29) is 6.03 Å². The molecule has 0 aliphatic rings. The molecule has 0 fully saturated rings. The molecule has 4 heteroatoms. The standard InChI is InChI=1S/C10H16N2OS/c1-3-5-11-10(13)12(2)7-9-4-6-14-8-9/h4,6,8H,3,5,7H2,1-2H3,(H,11,13). The summed E-state index contributed by atoms with van der Waals surface area (Å²) >= 11 is 1.65. The van der Waals surface area contributed by atoms with Crippen LogP contribution in [0.25, 0.3) is 0 Å². The number of amides is 2. The summed E-state index contributed by atoms with van der Waals surface area (Å²) in [6, 6.07) is 2.03. The van der Waals surface area contributed by atoms with E-state index >= 15 is 0 Å². The van der Waals surface area contributed by atoms with Crippen LogP contribution < -0.4 is 5.32 Å². The number of carbonyl (C=O) groups is 1. The van der Waals surface area contributed by atoms with E-state index in [1.165, 1.54) is 5.56 Å². The van der Waals surface area contributed by atoms with Crippen molar-refractivity contribution in [2.45, 2.75) is 19.9 Å². The average Bonchev–Trinajstić information content (AvgIpc) is 2.66. The van der Waals surface area contributed by atoms with Crippen molar-refractivity contribution in [1.29, 1.82) is 0 Å². The topological polar surface area (TPSA) is 32.3 Å². The van der Waals surface area contributed by atoms with Gasteiger partial charge in [0.15, 0.2) is 0 Å². The van der Waals surface area contributed by atoms with Crippen molar-refractivity contribution < 1.29 is 4.79 Å². The lowest BCUT2D eigenvalue weighted by Gasteiger charge is -2.16. The zero-order chi connectivity index (χ0) is 10.4. The van der Waals surface area contributed by atoms with Crippen LogP contribution in [-0.4, -0.2) is 24.5 Å². The molecule has 0 unspecified atom stereocenters. The van der Waals surface area contributed by atoms with Crippen molar-refractivity contribution in [3.05, 3.63) is 22.4 Å². The summed E-state index contributed by atoms with van der Waals surface area (Å²) in [5, 5.41) is 6.92. The van der Waals surface area contributed by atoms with E-state index in [2.05, 4.69) is 10.7 Å². The van der Waals surface area contributed by atoms with Gasteiger partial charge in [0.1, 0.15) is 0 Å². The Morgan fingerprint density at radius 3 is 3.00 bits per heavy atom. The molecule has 2 amide bonds. The van der Waals surface area contributed by atoms with Crippen LogP contribution >= 0.6 is 11.3 Å². The van der Waals surface area contributed by atoms with Gasteiger partial charge in [-0.1, -0.05) is 6.92 Å². The zero-order valence-electron chi connectivity index (χ0n) is 8.62. The van der Waals surface area contributed by atoms with Gasteiger partial charge < -0.3 is 10.2 Å². The van der Waals surface area contributed by atoms with E-state index in [4.69, 9.17) is 0 Å². The summed E-state index contributed by atoms with van der Waals surface area (Å²) < 4.78 is 0. The van der Waals surface area contributed by atoms with Gasteiger partial charge in [0.2, 0.25) is 0 Å². The van der Waals surface area contributed by atoms with Crippen LogP contribution in [-0.2, 0) is 6.54 Å². The molecule has 1 aromatic heterocycles.